The van der Waals surface area contributed by atoms with E-state index in [4.69, 9.17) is 0 Å². The average Bonchev–Trinajstić information content (AvgIpc) is 2.58. The highest BCUT2D eigenvalue weighted by Crippen LogP contribution is 2.24. The highest BCUT2D eigenvalue weighted by molar-refractivity contribution is 7.78. The zero-order valence-corrected chi connectivity index (χ0v) is 14.2. The fourth-order valence-corrected chi connectivity index (χ4v) is 2.98. The molecule has 0 spiro atoms. The number of isothiocyanates is 1. The van der Waals surface area contributed by atoms with Crippen molar-refractivity contribution in [3.05, 3.63) is 54.1 Å². The van der Waals surface area contributed by atoms with Gasteiger partial charge in [-0.25, -0.2) is 0 Å². The van der Waals surface area contributed by atoms with Gasteiger partial charge < -0.3 is 4.90 Å². The lowest BCUT2D eigenvalue weighted by molar-refractivity contribution is 0.148. The third kappa shape index (κ3) is 4.34. The molecule has 1 fully saturated rings. The Hall–Kier alpha value is -1.84. The summed E-state index contributed by atoms with van der Waals surface area (Å²) < 4.78 is 0. The van der Waals surface area contributed by atoms with E-state index in [2.05, 4.69) is 69.6 Å². The van der Waals surface area contributed by atoms with Crippen LogP contribution >= 0.6 is 12.2 Å². The summed E-state index contributed by atoms with van der Waals surface area (Å²) >= 11 is 4.67. The number of hydrogen-bond acceptors (Lipinski definition) is 4. The van der Waals surface area contributed by atoms with E-state index in [1.165, 1.54) is 11.1 Å². The van der Waals surface area contributed by atoms with Gasteiger partial charge in [0.15, 0.2) is 0 Å². The molecule has 1 aliphatic rings. The van der Waals surface area contributed by atoms with Crippen LogP contribution in [0.4, 0.5) is 5.69 Å². The Morgan fingerprint density at radius 2 is 1.74 bits per heavy atom. The summed E-state index contributed by atoms with van der Waals surface area (Å²) in [5.41, 5.74) is 4.57. The molecule has 0 saturated carbocycles. The molecule has 0 N–H and O–H groups in total. The fourth-order valence-electron chi connectivity index (χ4n) is 2.87. The molecule has 118 valence electrons. The molecule has 0 amide bonds. The van der Waals surface area contributed by atoms with Crippen molar-refractivity contribution in [3.63, 3.8) is 0 Å². The van der Waals surface area contributed by atoms with Gasteiger partial charge in [-0.15, -0.1) is 0 Å². The summed E-state index contributed by atoms with van der Waals surface area (Å²) in [6, 6.07) is 16.9. The molecule has 0 aromatic heterocycles. The fraction of sp³-hybridized carbons (Fsp3) is 0.316. The van der Waals surface area contributed by atoms with Crippen molar-refractivity contribution in [1.29, 1.82) is 0 Å². The first-order valence-electron chi connectivity index (χ1n) is 7.93. The standard InChI is InChI=1S/C19H21N3S/c1-21-9-11-22(12-10-21)14-16-5-7-17(8-6-16)18-3-2-4-19(13-18)20-15-23/h2-8,13H,9-12,14H2,1H3. The van der Waals surface area contributed by atoms with Crippen molar-refractivity contribution in [2.45, 2.75) is 6.54 Å². The summed E-state index contributed by atoms with van der Waals surface area (Å²) in [5.74, 6) is 0. The molecule has 1 aliphatic heterocycles. The van der Waals surface area contributed by atoms with Gasteiger partial charge in [-0.2, -0.15) is 4.99 Å². The quantitative estimate of drug-likeness (QED) is 0.629. The summed E-state index contributed by atoms with van der Waals surface area (Å²) in [5, 5.41) is 2.42. The van der Waals surface area contributed by atoms with Crippen molar-refractivity contribution in [2.24, 2.45) is 4.99 Å². The zero-order chi connectivity index (χ0) is 16.1. The van der Waals surface area contributed by atoms with Crippen LogP contribution in [0.15, 0.2) is 53.5 Å². The summed E-state index contributed by atoms with van der Waals surface area (Å²) in [7, 11) is 2.19. The minimum absolute atomic E-state index is 0.846. The third-order valence-electron chi connectivity index (χ3n) is 4.31. The first kappa shape index (κ1) is 16.0. The van der Waals surface area contributed by atoms with Crippen LogP contribution in [0.3, 0.4) is 0 Å². The number of thiocarbonyl (C=S) groups is 1. The number of piperazine rings is 1. The van der Waals surface area contributed by atoms with Gasteiger partial charge in [0.1, 0.15) is 0 Å². The van der Waals surface area contributed by atoms with Crippen LogP contribution in [0.1, 0.15) is 5.56 Å². The molecule has 0 bridgehead atoms. The van der Waals surface area contributed by atoms with Crippen LogP contribution in [-0.4, -0.2) is 48.2 Å². The maximum Gasteiger partial charge on any atom is 0.0745 e. The van der Waals surface area contributed by atoms with Gasteiger partial charge in [0.05, 0.1) is 10.8 Å². The molecule has 2 aromatic carbocycles. The van der Waals surface area contributed by atoms with Gasteiger partial charge in [0.25, 0.3) is 0 Å². The van der Waals surface area contributed by atoms with E-state index in [0.717, 1.165) is 44.0 Å². The molecule has 0 aliphatic carbocycles. The Balaban J connectivity index is 1.69. The topological polar surface area (TPSA) is 18.8 Å². The number of hydrogen-bond donors (Lipinski definition) is 0. The minimum Gasteiger partial charge on any atom is -0.304 e. The molecule has 0 unspecified atom stereocenters. The maximum absolute atomic E-state index is 4.67. The molecule has 2 aromatic rings. The van der Waals surface area contributed by atoms with E-state index in [0.29, 0.717) is 0 Å². The van der Waals surface area contributed by atoms with Gasteiger partial charge in [-0.05, 0) is 48.1 Å². The molecule has 0 radical (unpaired) electrons. The van der Waals surface area contributed by atoms with Crippen molar-refractivity contribution in [2.75, 3.05) is 33.2 Å². The van der Waals surface area contributed by atoms with Crippen LogP contribution in [0.5, 0.6) is 0 Å². The largest absolute Gasteiger partial charge is 0.304 e. The van der Waals surface area contributed by atoms with Gasteiger partial charge in [-0.1, -0.05) is 36.4 Å². The third-order valence-corrected chi connectivity index (χ3v) is 4.40. The van der Waals surface area contributed by atoms with Crippen molar-refractivity contribution < 1.29 is 0 Å². The number of benzene rings is 2. The Kier molecular flexibility index (Phi) is 5.31. The second-order valence-electron chi connectivity index (χ2n) is 6.03. The first-order valence-corrected chi connectivity index (χ1v) is 8.33. The van der Waals surface area contributed by atoms with Gasteiger partial charge >= 0.3 is 0 Å². The molecule has 1 heterocycles. The number of aliphatic imine (C=N–C) groups is 1. The number of rotatable bonds is 4. The first-order chi connectivity index (χ1) is 11.2. The lowest BCUT2D eigenvalue weighted by Gasteiger charge is -2.32. The average molecular weight is 323 g/mol. The van der Waals surface area contributed by atoms with Crippen LogP contribution in [0.25, 0.3) is 11.1 Å². The molecule has 23 heavy (non-hydrogen) atoms. The van der Waals surface area contributed by atoms with Gasteiger partial charge in [0.2, 0.25) is 0 Å². The minimum atomic E-state index is 0.846. The smallest absolute Gasteiger partial charge is 0.0745 e. The second kappa shape index (κ2) is 7.62. The molecule has 0 atom stereocenters. The van der Waals surface area contributed by atoms with E-state index in [1.807, 2.05) is 18.2 Å². The van der Waals surface area contributed by atoms with E-state index in [9.17, 15) is 0 Å². The molecule has 3 nitrogen and oxygen atoms in total. The van der Waals surface area contributed by atoms with Crippen molar-refractivity contribution >= 4 is 23.1 Å². The highest BCUT2D eigenvalue weighted by atomic mass is 32.1. The van der Waals surface area contributed by atoms with E-state index < -0.39 is 0 Å². The van der Waals surface area contributed by atoms with Gasteiger partial charge in [0, 0.05) is 32.7 Å². The number of likely N-dealkylation sites (N-methyl/N-ethyl adjacent to an activating group) is 1. The van der Waals surface area contributed by atoms with Crippen LogP contribution in [0, 0.1) is 0 Å². The van der Waals surface area contributed by atoms with Crippen LogP contribution < -0.4 is 0 Å². The normalized spacial score (nSPS) is 16.0. The monoisotopic (exact) mass is 323 g/mol. The highest BCUT2D eigenvalue weighted by Gasteiger charge is 2.13. The van der Waals surface area contributed by atoms with Crippen molar-refractivity contribution in [1.82, 2.24) is 9.80 Å². The van der Waals surface area contributed by atoms with Crippen molar-refractivity contribution in [3.8, 4) is 11.1 Å². The summed E-state index contributed by atoms with van der Waals surface area (Å²) in [6.45, 7) is 5.64. The predicted octanol–water partition coefficient (Wildman–Crippen LogP) is 3.84. The van der Waals surface area contributed by atoms with E-state index in [-0.39, 0.29) is 0 Å². The van der Waals surface area contributed by atoms with Crippen LogP contribution in [-0.2, 0) is 6.54 Å². The Bertz CT molecular complexity index is 697. The summed E-state index contributed by atoms with van der Waals surface area (Å²) in [4.78, 5) is 8.95. The van der Waals surface area contributed by atoms with E-state index in [1.54, 1.807) is 0 Å². The Morgan fingerprint density at radius 3 is 2.43 bits per heavy atom. The zero-order valence-electron chi connectivity index (χ0n) is 13.4. The molecule has 4 heteroatoms. The van der Waals surface area contributed by atoms with Crippen LogP contribution in [0.2, 0.25) is 0 Å². The predicted molar refractivity (Wildman–Crippen MR) is 99.3 cm³/mol. The lowest BCUT2D eigenvalue weighted by Crippen LogP contribution is -2.43. The van der Waals surface area contributed by atoms with Gasteiger partial charge in [-0.3, -0.25) is 4.90 Å². The SMILES string of the molecule is CN1CCN(Cc2ccc(-c3cccc(N=C=S)c3)cc2)CC1. The molecule has 3 rings (SSSR count). The molecular weight excluding hydrogens is 302 g/mol. The molecular formula is C19H21N3S. The maximum atomic E-state index is 4.67. The summed E-state index contributed by atoms with van der Waals surface area (Å²) in [6.07, 6.45) is 0. The number of nitrogens with zero attached hydrogens (tertiary/aromatic N) is 3. The Morgan fingerprint density at radius 1 is 1.00 bits per heavy atom. The lowest BCUT2D eigenvalue weighted by atomic mass is 10.0. The molecule has 1 saturated heterocycles. The second-order valence-corrected chi connectivity index (χ2v) is 6.21. The Labute approximate surface area is 143 Å². The van der Waals surface area contributed by atoms with E-state index >= 15 is 0 Å².